The molecule has 0 spiro atoms. The highest BCUT2D eigenvalue weighted by Gasteiger charge is 2.20. The topological polar surface area (TPSA) is 18.5 Å². The number of piperazine rings is 1. The summed E-state index contributed by atoms with van der Waals surface area (Å²) < 4.78 is 1.16. The highest BCUT2D eigenvalue weighted by Crippen LogP contribution is 2.25. The maximum atomic E-state index is 3.61. The molecule has 1 heterocycles. The molecule has 0 aromatic heterocycles. The predicted molar refractivity (Wildman–Crippen MR) is 76.7 cm³/mol. The van der Waals surface area contributed by atoms with E-state index in [1.54, 1.807) is 0 Å². The lowest BCUT2D eigenvalue weighted by molar-refractivity contribution is 0.204. The number of nitrogens with zero attached hydrogens (tertiary/aromatic N) is 2. The zero-order valence-electron chi connectivity index (χ0n) is 10.5. The molecule has 0 aliphatic carbocycles. The van der Waals surface area contributed by atoms with Crippen LogP contribution in [0, 0.1) is 0 Å². The van der Waals surface area contributed by atoms with Crippen molar-refractivity contribution in [3.63, 3.8) is 0 Å². The number of halogens is 1. The summed E-state index contributed by atoms with van der Waals surface area (Å²) in [4.78, 5) is 4.75. The number of hydrogen-bond acceptors (Lipinski definition) is 3. The minimum absolute atomic E-state index is 0.584. The molecule has 1 aromatic carbocycles. The van der Waals surface area contributed by atoms with Gasteiger partial charge in [0.15, 0.2) is 0 Å². The summed E-state index contributed by atoms with van der Waals surface area (Å²) in [6.07, 6.45) is 0. The Balaban J connectivity index is 2.01. The molecule has 1 aliphatic heterocycles. The number of para-hydroxylation sites is 1. The Hall–Kier alpha value is -0.580. The highest BCUT2D eigenvalue weighted by molar-refractivity contribution is 9.10. The van der Waals surface area contributed by atoms with Gasteiger partial charge >= 0.3 is 0 Å². The third-order valence-electron chi connectivity index (χ3n) is 3.39. The standard InChI is InChI=1S/C13H20BrN3/c1-16-8-7-15-9-11(16)10-17(2)13-6-4-3-5-12(13)14/h3-6,11,15H,7-10H2,1-2H3. The van der Waals surface area contributed by atoms with Crippen molar-refractivity contribution in [2.24, 2.45) is 0 Å². The average molecular weight is 298 g/mol. The van der Waals surface area contributed by atoms with Gasteiger partial charge in [-0.15, -0.1) is 0 Å². The van der Waals surface area contributed by atoms with Crippen molar-refractivity contribution < 1.29 is 0 Å². The number of hydrogen-bond donors (Lipinski definition) is 1. The third kappa shape index (κ3) is 3.21. The van der Waals surface area contributed by atoms with E-state index in [2.05, 4.69) is 69.4 Å². The van der Waals surface area contributed by atoms with Gasteiger partial charge in [-0.2, -0.15) is 0 Å². The lowest BCUT2D eigenvalue weighted by Gasteiger charge is -2.36. The van der Waals surface area contributed by atoms with Crippen LogP contribution in [0.1, 0.15) is 0 Å². The number of nitrogens with one attached hydrogen (secondary N) is 1. The first-order valence-electron chi connectivity index (χ1n) is 6.05. The minimum atomic E-state index is 0.584. The summed E-state index contributed by atoms with van der Waals surface area (Å²) in [7, 11) is 4.36. The fourth-order valence-corrected chi connectivity index (χ4v) is 2.83. The predicted octanol–water partition coefficient (Wildman–Crippen LogP) is 1.79. The lowest BCUT2D eigenvalue weighted by Crippen LogP contribution is -2.53. The Kier molecular flexibility index (Phi) is 4.42. The van der Waals surface area contributed by atoms with Crippen molar-refractivity contribution >= 4 is 21.6 Å². The van der Waals surface area contributed by atoms with Crippen LogP contribution in [0.3, 0.4) is 0 Å². The van der Waals surface area contributed by atoms with Crippen LogP contribution >= 0.6 is 15.9 Å². The maximum Gasteiger partial charge on any atom is 0.0508 e. The Morgan fingerprint density at radius 1 is 1.47 bits per heavy atom. The van der Waals surface area contributed by atoms with E-state index >= 15 is 0 Å². The van der Waals surface area contributed by atoms with Gasteiger partial charge in [-0.1, -0.05) is 12.1 Å². The van der Waals surface area contributed by atoms with Gasteiger partial charge in [-0.05, 0) is 35.1 Å². The first-order chi connectivity index (χ1) is 8.18. The number of rotatable bonds is 3. The van der Waals surface area contributed by atoms with E-state index in [-0.39, 0.29) is 0 Å². The molecule has 0 amide bonds. The van der Waals surface area contributed by atoms with Crippen molar-refractivity contribution in [1.29, 1.82) is 0 Å². The van der Waals surface area contributed by atoms with Gasteiger partial charge in [0.1, 0.15) is 0 Å². The molecule has 1 aromatic rings. The molecule has 3 nitrogen and oxygen atoms in total. The highest BCUT2D eigenvalue weighted by atomic mass is 79.9. The fourth-order valence-electron chi connectivity index (χ4n) is 2.24. The number of benzene rings is 1. The van der Waals surface area contributed by atoms with Crippen molar-refractivity contribution in [3.05, 3.63) is 28.7 Å². The SMILES string of the molecule is CN(CC1CNCCN1C)c1ccccc1Br. The molecule has 1 aliphatic rings. The summed E-state index contributed by atoms with van der Waals surface area (Å²) in [5.74, 6) is 0. The second-order valence-corrected chi connectivity index (χ2v) is 5.52. The monoisotopic (exact) mass is 297 g/mol. The Morgan fingerprint density at radius 2 is 2.24 bits per heavy atom. The van der Waals surface area contributed by atoms with Crippen LogP contribution in [-0.4, -0.2) is 51.2 Å². The van der Waals surface area contributed by atoms with Gasteiger partial charge in [0.25, 0.3) is 0 Å². The molecule has 1 N–H and O–H groups in total. The second-order valence-electron chi connectivity index (χ2n) is 4.67. The van der Waals surface area contributed by atoms with Gasteiger partial charge in [0.2, 0.25) is 0 Å². The van der Waals surface area contributed by atoms with Crippen LogP contribution < -0.4 is 10.2 Å². The molecule has 0 bridgehead atoms. The summed E-state index contributed by atoms with van der Waals surface area (Å²) in [6, 6.07) is 8.96. The maximum absolute atomic E-state index is 3.61. The van der Waals surface area contributed by atoms with Gasteiger partial charge in [-0.3, -0.25) is 4.90 Å². The van der Waals surface area contributed by atoms with Gasteiger partial charge in [-0.25, -0.2) is 0 Å². The van der Waals surface area contributed by atoms with E-state index in [1.165, 1.54) is 5.69 Å². The summed E-state index contributed by atoms with van der Waals surface area (Å²) in [6.45, 7) is 4.36. The molecule has 4 heteroatoms. The van der Waals surface area contributed by atoms with Crippen molar-refractivity contribution in [1.82, 2.24) is 10.2 Å². The van der Waals surface area contributed by atoms with Crippen LogP contribution in [0.5, 0.6) is 0 Å². The molecule has 1 saturated heterocycles. The zero-order chi connectivity index (χ0) is 12.3. The van der Waals surface area contributed by atoms with Gasteiger partial charge in [0, 0.05) is 43.7 Å². The zero-order valence-corrected chi connectivity index (χ0v) is 12.1. The van der Waals surface area contributed by atoms with E-state index in [1.807, 2.05) is 0 Å². The molecule has 94 valence electrons. The van der Waals surface area contributed by atoms with Crippen LogP contribution in [0.2, 0.25) is 0 Å². The summed E-state index contributed by atoms with van der Waals surface area (Å²) >= 11 is 3.61. The first kappa shape index (κ1) is 12.9. The Bertz CT molecular complexity index is 369. The van der Waals surface area contributed by atoms with Crippen LogP contribution in [0.15, 0.2) is 28.7 Å². The van der Waals surface area contributed by atoms with Crippen LogP contribution in [0.25, 0.3) is 0 Å². The molecular formula is C13H20BrN3. The molecule has 1 unspecified atom stereocenters. The second kappa shape index (κ2) is 5.85. The third-order valence-corrected chi connectivity index (χ3v) is 4.06. The summed E-state index contributed by atoms with van der Waals surface area (Å²) in [5.41, 5.74) is 1.26. The van der Waals surface area contributed by atoms with Crippen LogP contribution in [-0.2, 0) is 0 Å². The van der Waals surface area contributed by atoms with E-state index in [9.17, 15) is 0 Å². The summed E-state index contributed by atoms with van der Waals surface area (Å²) in [5, 5.41) is 3.46. The van der Waals surface area contributed by atoms with Gasteiger partial charge in [0.05, 0.1) is 5.69 Å². The minimum Gasteiger partial charge on any atom is -0.372 e. The number of anilines is 1. The molecule has 1 fully saturated rings. The first-order valence-corrected chi connectivity index (χ1v) is 6.84. The van der Waals surface area contributed by atoms with Crippen LogP contribution in [0.4, 0.5) is 5.69 Å². The largest absolute Gasteiger partial charge is 0.372 e. The molecule has 0 saturated carbocycles. The molecule has 1 atom stereocenters. The van der Waals surface area contributed by atoms with Gasteiger partial charge < -0.3 is 10.2 Å². The normalized spacial score (nSPS) is 21.5. The van der Waals surface area contributed by atoms with E-state index in [4.69, 9.17) is 0 Å². The van der Waals surface area contributed by atoms with Crippen molar-refractivity contribution in [2.45, 2.75) is 6.04 Å². The number of likely N-dealkylation sites (N-methyl/N-ethyl adjacent to an activating group) is 2. The molecule has 17 heavy (non-hydrogen) atoms. The Labute approximate surface area is 112 Å². The smallest absolute Gasteiger partial charge is 0.0508 e. The van der Waals surface area contributed by atoms with E-state index in [0.29, 0.717) is 6.04 Å². The molecular weight excluding hydrogens is 278 g/mol. The fraction of sp³-hybridized carbons (Fsp3) is 0.538. The quantitative estimate of drug-likeness (QED) is 0.918. The lowest BCUT2D eigenvalue weighted by atomic mass is 10.2. The molecule has 2 rings (SSSR count). The van der Waals surface area contributed by atoms with E-state index in [0.717, 1.165) is 30.7 Å². The average Bonchev–Trinajstić information content (AvgIpc) is 2.32. The van der Waals surface area contributed by atoms with E-state index < -0.39 is 0 Å². The Morgan fingerprint density at radius 3 is 2.94 bits per heavy atom. The van der Waals surface area contributed by atoms with Crippen molar-refractivity contribution in [2.75, 3.05) is 45.2 Å². The molecule has 0 radical (unpaired) electrons. The van der Waals surface area contributed by atoms with Crippen molar-refractivity contribution in [3.8, 4) is 0 Å².